The van der Waals surface area contributed by atoms with E-state index in [0.717, 1.165) is 12.8 Å². The molecule has 2 saturated heterocycles. The fraction of sp³-hybridized carbons (Fsp3) is 0.857. The number of halogens is 1. The Bertz CT molecular complexity index is 174. The minimum Gasteiger partial charge on any atom is -0.481 e. The van der Waals surface area contributed by atoms with Crippen LogP contribution in [0.25, 0.3) is 0 Å². The SMILES string of the molecule is Cl.O=C(O)[C@H]1C[C@H]2CC[C@@H]1N2. The minimum atomic E-state index is -0.625. The lowest BCUT2D eigenvalue weighted by Gasteiger charge is -2.14. The summed E-state index contributed by atoms with van der Waals surface area (Å²) in [7, 11) is 0. The Morgan fingerprint density at radius 1 is 1.45 bits per heavy atom. The molecule has 11 heavy (non-hydrogen) atoms. The van der Waals surface area contributed by atoms with Gasteiger partial charge in [-0.1, -0.05) is 0 Å². The number of hydrogen-bond acceptors (Lipinski definition) is 2. The van der Waals surface area contributed by atoms with Crippen molar-refractivity contribution in [3.05, 3.63) is 0 Å². The number of carboxylic acid groups (broad SMARTS) is 1. The second-order valence-corrected chi connectivity index (χ2v) is 3.23. The number of nitrogens with one attached hydrogen (secondary N) is 1. The maximum atomic E-state index is 10.6. The number of rotatable bonds is 1. The van der Waals surface area contributed by atoms with E-state index in [2.05, 4.69) is 5.32 Å². The van der Waals surface area contributed by atoms with Gasteiger partial charge >= 0.3 is 5.97 Å². The first-order chi connectivity index (χ1) is 4.77. The van der Waals surface area contributed by atoms with Crippen LogP contribution in [0.1, 0.15) is 19.3 Å². The van der Waals surface area contributed by atoms with Crippen LogP contribution in [0.2, 0.25) is 0 Å². The van der Waals surface area contributed by atoms with Gasteiger partial charge in [-0.2, -0.15) is 0 Å². The fourth-order valence-electron chi connectivity index (χ4n) is 2.10. The minimum absolute atomic E-state index is 0. The maximum Gasteiger partial charge on any atom is 0.308 e. The van der Waals surface area contributed by atoms with Crippen LogP contribution in [0.5, 0.6) is 0 Å². The Labute approximate surface area is 71.6 Å². The molecule has 0 aromatic heterocycles. The average molecular weight is 178 g/mol. The predicted molar refractivity (Wildman–Crippen MR) is 42.9 cm³/mol. The summed E-state index contributed by atoms with van der Waals surface area (Å²) in [6, 6.07) is 0.786. The van der Waals surface area contributed by atoms with Gasteiger partial charge in [-0.15, -0.1) is 12.4 Å². The van der Waals surface area contributed by atoms with Gasteiger partial charge in [0.05, 0.1) is 5.92 Å². The van der Waals surface area contributed by atoms with Crippen molar-refractivity contribution in [1.29, 1.82) is 0 Å². The van der Waals surface area contributed by atoms with Gasteiger partial charge in [0.25, 0.3) is 0 Å². The van der Waals surface area contributed by atoms with Crippen LogP contribution in [0, 0.1) is 5.92 Å². The summed E-state index contributed by atoms with van der Waals surface area (Å²) in [4.78, 5) is 10.6. The predicted octanol–water partition coefficient (Wildman–Crippen LogP) is 0.633. The third-order valence-corrected chi connectivity index (χ3v) is 2.62. The average Bonchev–Trinajstić information content (AvgIpc) is 2.44. The van der Waals surface area contributed by atoms with E-state index in [9.17, 15) is 4.79 Å². The molecule has 0 aromatic rings. The molecule has 2 aliphatic rings. The van der Waals surface area contributed by atoms with Crippen molar-refractivity contribution in [1.82, 2.24) is 5.32 Å². The van der Waals surface area contributed by atoms with Crippen LogP contribution in [0.15, 0.2) is 0 Å². The number of carbonyl (C=O) groups is 1. The van der Waals surface area contributed by atoms with E-state index < -0.39 is 5.97 Å². The van der Waals surface area contributed by atoms with Crippen LogP contribution in [-0.4, -0.2) is 23.2 Å². The monoisotopic (exact) mass is 177 g/mol. The number of aliphatic carboxylic acids is 1. The molecule has 0 amide bonds. The van der Waals surface area contributed by atoms with E-state index in [1.807, 2.05) is 0 Å². The lowest BCUT2D eigenvalue weighted by Crippen LogP contribution is -2.28. The zero-order chi connectivity index (χ0) is 7.14. The highest BCUT2D eigenvalue weighted by Crippen LogP contribution is 2.32. The molecule has 3 atom stereocenters. The van der Waals surface area contributed by atoms with Gasteiger partial charge < -0.3 is 10.4 Å². The summed E-state index contributed by atoms with van der Waals surface area (Å²) in [6.07, 6.45) is 3.08. The van der Waals surface area contributed by atoms with Gasteiger partial charge in [-0.05, 0) is 19.3 Å². The zero-order valence-corrected chi connectivity index (χ0v) is 6.93. The summed E-state index contributed by atoms with van der Waals surface area (Å²) in [5.74, 6) is -0.724. The first-order valence-electron chi connectivity index (χ1n) is 3.76. The molecule has 0 aliphatic carbocycles. The molecule has 2 aliphatic heterocycles. The lowest BCUT2D eigenvalue weighted by molar-refractivity contribution is -0.142. The molecule has 3 nitrogen and oxygen atoms in total. The first-order valence-corrected chi connectivity index (χ1v) is 3.76. The quantitative estimate of drug-likeness (QED) is 0.618. The summed E-state index contributed by atoms with van der Waals surface area (Å²) in [5.41, 5.74) is 0. The molecule has 2 heterocycles. The van der Waals surface area contributed by atoms with Crippen molar-refractivity contribution in [2.24, 2.45) is 5.92 Å². The first kappa shape index (κ1) is 8.81. The Balaban J connectivity index is 0.000000605. The topological polar surface area (TPSA) is 49.3 Å². The molecule has 2 bridgehead atoms. The van der Waals surface area contributed by atoms with Gasteiger partial charge in [0.2, 0.25) is 0 Å². The smallest absolute Gasteiger partial charge is 0.308 e. The van der Waals surface area contributed by atoms with E-state index in [4.69, 9.17) is 5.11 Å². The summed E-state index contributed by atoms with van der Waals surface area (Å²) >= 11 is 0. The van der Waals surface area contributed by atoms with Crippen molar-refractivity contribution in [3.8, 4) is 0 Å². The molecule has 64 valence electrons. The highest BCUT2D eigenvalue weighted by atomic mass is 35.5. The van der Waals surface area contributed by atoms with E-state index >= 15 is 0 Å². The normalized spacial score (nSPS) is 40.2. The molecule has 0 spiro atoms. The largest absolute Gasteiger partial charge is 0.481 e. The molecule has 4 heteroatoms. The van der Waals surface area contributed by atoms with Crippen molar-refractivity contribution in [2.45, 2.75) is 31.3 Å². The van der Waals surface area contributed by atoms with Crippen molar-refractivity contribution in [2.75, 3.05) is 0 Å². The Kier molecular flexibility index (Phi) is 2.40. The molecule has 0 radical (unpaired) electrons. The third kappa shape index (κ3) is 1.35. The Morgan fingerprint density at radius 3 is 2.45 bits per heavy atom. The molecule has 2 fully saturated rings. The van der Waals surface area contributed by atoms with Gasteiger partial charge in [-0.3, -0.25) is 4.79 Å². The lowest BCUT2D eigenvalue weighted by atomic mass is 9.89. The zero-order valence-electron chi connectivity index (χ0n) is 6.12. The second-order valence-electron chi connectivity index (χ2n) is 3.23. The van der Waals surface area contributed by atoms with Crippen LogP contribution in [0.4, 0.5) is 0 Å². The summed E-state index contributed by atoms with van der Waals surface area (Å²) in [5, 5.41) is 12.0. The van der Waals surface area contributed by atoms with Gasteiger partial charge in [0.15, 0.2) is 0 Å². The molecular formula is C7H12ClNO2. The van der Waals surface area contributed by atoms with E-state index in [0.29, 0.717) is 6.04 Å². The molecule has 2 N–H and O–H groups in total. The summed E-state index contributed by atoms with van der Waals surface area (Å²) < 4.78 is 0. The fourth-order valence-corrected chi connectivity index (χ4v) is 2.10. The van der Waals surface area contributed by atoms with Crippen LogP contribution < -0.4 is 5.32 Å². The molecule has 2 rings (SSSR count). The highest BCUT2D eigenvalue weighted by molar-refractivity contribution is 5.85. The molecule has 0 unspecified atom stereocenters. The van der Waals surface area contributed by atoms with Crippen molar-refractivity contribution in [3.63, 3.8) is 0 Å². The van der Waals surface area contributed by atoms with Crippen LogP contribution in [0.3, 0.4) is 0 Å². The van der Waals surface area contributed by atoms with E-state index in [1.54, 1.807) is 0 Å². The third-order valence-electron chi connectivity index (χ3n) is 2.62. The highest BCUT2D eigenvalue weighted by Gasteiger charge is 2.42. The van der Waals surface area contributed by atoms with Crippen molar-refractivity contribution < 1.29 is 9.90 Å². The number of carboxylic acids is 1. The van der Waals surface area contributed by atoms with E-state index in [1.165, 1.54) is 6.42 Å². The number of hydrogen-bond donors (Lipinski definition) is 2. The van der Waals surface area contributed by atoms with Gasteiger partial charge in [0.1, 0.15) is 0 Å². The van der Waals surface area contributed by atoms with Gasteiger partial charge in [-0.25, -0.2) is 0 Å². The summed E-state index contributed by atoms with van der Waals surface area (Å²) in [6.45, 7) is 0. The van der Waals surface area contributed by atoms with Crippen LogP contribution >= 0.6 is 12.4 Å². The maximum absolute atomic E-state index is 10.6. The Hall–Kier alpha value is -0.280. The standard InChI is InChI=1S/C7H11NO2.ClH/c9-7(10)5-3-4-1-2-6(5)8-4;/h4-6,8H,1-3H2,(H,9,10);1H/t4-,5+,6+;/m1./s1. The van der Waals surface area contributed by atoms with Gasteiger partial charge in [0, 0.05) is 12.1 Å². The molecule has 0 aromatic carbocycles. The van der Waals surface area contributed by atoms with Crippen LogP contribution in [-0.2, 0) is 4.79 Å². The number of fused-ring (bicyclic) bond motifs is 2. The van der Waals surface area contributed by atoms with E-state index in [-0.39, 0.29) is 24.4 Å². The molecular weight excluding hydrogens is 166 g/mol. The molecule has 0 saturated carbocycles. The van der Waals surface area contributed by atoms with Crippen molar-refractivity contribution >= 4 is 18.4 Å². The second kappa shape index (κ2) is 2.99. The Morgan fingerprint density at radius 2 is 2.18 bits per heavy atom.